The molecule has 0 saturated carbocycles. The van der Waals surface area contributed by atoms with E-state index in [2.05, 4.69) is 5.32 Å². The number of fused-ring (bicyclic) bond motifs is 1. The van der Waals surface area contributed by atoms with Gasteiger partial charge in [0.15, 0.2) is 11.5 Å². The summed E-state index contributed by atoms with van der Waals surface area (Å²) in [5.41, 5.74) is 2.68. The smallest absolute Gasteiger partial charge is 0.232 e. The van der Waals surface area contributed by atoms with E-state index < -0.39 is 10.0 Å². The lowest BCUT2D eigenvalue weighted by atomic mass is 10.0. The van der Waals surface area contributed by atoms with Crippen molar-refractivity contribution in [2.45, 2.75) is 32.7 Å². The molecule has 0 radical (unpaired) electrons. The molecule has 7 nitrogen and oxygen atoms in total. The highest BCUT2D eigenvalue weighted by Gasteiger charge is 2.21. The lowest BCUT2D eigenvalue weighted by molar-refractivity contribution is -0.121. The predicted octanol–water partition coefficient (Wildman–Crippen LogP) is 3.19. The molecular formula is C22H28N2O5S. The van der Waals surface area contributed by atoms with Gasteiger partial charge in [0.25, 0.3) is 0 Å². The number of hydrogen-bond donors (Lipinski definition) is 1. The number of ether oxygens (including phenoxy) is 2. The second-order valence-electron chi connectivity index (χ2n) is 7.41. The molecule has 3 rings (SSSR count). The number of anilines is 1. The molecule has 0 aromatic heterocycles. The number of nitrogens with zero attached hydrogens (tertiary/aromatic N) is 1. The molecule has 0 bridgehead atoms. The Morgan fingerprint density at radius 2 is 1.83 bits per heavy atom. The predicted molar refractivity (Wildman–Crippen MR) is 117 cm³/mol. The fraction of sp³-hybridized carbons (Fsp3) is 0.409. The first-order chi connectivity index (χ1) is 14.3. The van der Waals surface area contributed by atoms with Gasteiger partial charge in [-0.25, -0.2) is 8.42 Å². The number of nitrogens with one attached hydrogen (secondary N) is 1. The molecule has 162 valence electrons. The maximum absolute atomic E-state index is 12.4. The van der Waals surface area contributed by atoms with E-state index >= 15 is 0 Å². The van der Waals surface area contributed by atoms with E-state index in [1.165, 1.54) is 4.31 Å². The number of rotatable bonds is 8. The van der Waals surface area contributed by atoms with Crippen molar-refractivity contribution >= 4 is 21.6 Å². The summed E-state index contributed by atoms with van der Waals surface area (Å²) in [6.07, 6.45) is 1.78. The molecule has 2 aromatic carbocycles. The third-order valence-electron chi connectivity index (χ3n) is 5.01. The summed E-state index contributed by atoms with van der Waals surface area (Å²) in [4.78, 5) is 12.4. The Labute approximate surface area is 178 Å². The molecule has 1 unspecified atom stereocenters. The molecule has 0 spiro atoms. The zero-order chi connectivity index (χ0) is 21.7. The van der Waals surface area contributed by atoms with Gasteiger partial charge in [-0.2, -0.15) is 0 Å². The number of carbonyl (C=O) groups is 1. The molecule has 1 heterocycles. The Hall–Kier alpha value is -2.74. The highest BCUT2D eigenvalue weighted by Crippen LogP contribution is 2.34. The van der Waals surface area contributed by atoms with Crippen LogP contribution in [0.2, 0.25) is 0 Å². The Kier molecular flexibility index (Phi) is 6.87. The van der Waals surface area contributed by atoms with Crippen LogP contribution < -0.4 is 19.1 Å². The normalized spacial score (nSPS) is 14.1. The van der Waals surface area contributed by atoms with Gasteiger partial charge in [0.1, 0.15) is 13.2 Å². The Bertz CT molecular complexity index is 1010. The number of amides is 1. The number of aryl methyl sites for hydroxylation is 1. The van der Waals surface area contributed by atoms with E-state index in [-0.39, 0.29) is 24.9 Å². The molecule has 0 saturated heterocycles. The molecule has 1 aliphatic rings. The van der Waals surface area contributed by atoms with E-state index in [0.717, 1.165) is 17.4 Å². The van der Waals surface area contributed by atoms with Crippen molar-refractivity contribution in [2.75, 3.05) is 30.3 Å². The van der Waals surface area contributed by atoms with Gasteiger partial charge >= 0.3 is 0 Å². The van der Waals surface area contributed by atoms with Crippen molar-refractivity contribution in [3.63, 3.8) is 0 Å². The van der Waals surface area contributed by atoms with Crippen molar-refractivity contribution in [2.24, 2.45) is 0 Å². The zero-order valence-corrected chi connectivity index (χ0v) is 18.4. The summed E-state index contributed by atoms with van der Waals surface area (Å²) in [6.45, 7) is 5.05. The van der Waals surface area contributed by atoms with Crippen LogP contribution in [-0.2, 0) is 14.8 Å². The van der Waals surface area contributed by atoms with Crippen molar-refractivity contribution in [1.29, 1.82) is 0 Å². The van der Waals surface area contributed by atoms with Gasteiger partial charge in [-0.3, -0.25) is 9.10 Å². The van der Waals surface area contributed by atoms with Crippen LogP contribution in [0.4, 0.5) is 5.69 Å². The minimum absolute atomic E-state index is 0.109. The second-order valence-corrected chi connectivity index (χ2v) is 9.32. The summed E-state index contributed by atoms with van der Waals surface area (Å²) < 4.78 is 37.0. The Morgan fingerprint density at radius 3 is 2.53 bits per heavy atom. The summed E-state index contributed by atoms with van der Waals surface area (Å²) in [6, 6.07) is 12.9. The van der Waals surface area contributed by atoms with Crippen LogP contribution in [0.3, 0.4) is 0 Å². The largest absolute Gasteiger partial charge is 0.486 e. The van der Waals surface area contributed by atoms with E-state index in [1.54, 1.807) is 18.2 Å². The fourth-order valence-corrected chi connectivity index (χ4v) is 4.48. The van der Waals surface area contributed by atoms with Gasteiger partial charge in [-0.1, -0.05) is 24.3 Å². The van der Waals surface area contributed by atoms with Gasteiger partial charge in [0.05, 0.1) is 18.0 Å². The lowest BCUT2D eigenvalue weighted by Crippen LogP contribution is -2.32. The summed E-state index contributed by atoms with van der Waals surface area (Å²) >= 11 is 0. The zero-order valence-electron chi connectivity index (χ0n) is 17.6. The second kappa shape index (κ2) is 9.38. The molecule has 1 amide bonds. The third-order valence-corrected chi connectivity index (χ3v) is 6.21. The van der Waals surface area contributed by atoms with Crippen molar-refractivity contribution < 1.29 is 22.7 Å². The number of benzene rings is 2. The maximum Gasteiger partial charge on any atom is 0.232 e. The molecule has 1 N–H and O–H groups in total. The average molecular weight is 433 g/mol. The molecule has 1 aliphatic heterocycles. The van der Waals surface area contributed by atoms with Gasteiger partial charge < -0.3 is 14.8 Å². The minimum atomic E-state index is -3.51. The van der Waals surface area contributed by atoms with E-state index in [9.17, 15) is 13.2 Å². The number of sulfonamides is 1. The fourth-order valence-electron chi connectivity index (χ4n) is 3.52. The van der Waals surface area contributed by atoms with Gasteiger partial charge in [0, 0.05) is 19.0 Å². The summed E-state index contributed by atoms with van der Waals surface area (Å²) in [5, 5.41) is 2.99. The third kappa shape index (κ3) is 5.44. The van der Waals surface area contributed by atoms with Crippen molar-refractivity contribution in [3.8, 4) is 11.5 Å². The summed E-state index contributed by atoms with van der Waals surface area (Å²) in [7, 11) is -3.51. The average Bonchev–Trinajstić information content (AvgIpc) is 2.70. The molecule has 1 atom stereocenters. The van der Waals surface area contributed by atoms with Gasteiger partial charge in [-0.05, 0) is 43.5 Å². The van der Waals surface area contributed by atoms with Crippen LogP contribution in [-0.4, -0.2) is 40.3 Å². The first-order valence-corrected chi connectivity index (χ1v) is 11.8. The molecule has 0 fully saturated rings. The molecular weight excluding hydrogens is 404 g/mol. The van der Waals surface area contributed by atoms with E-state index in [0.29, 0.717) is 36.8 Å². The van der Waals surface area contributed by atoms with Crippen LogP contribution in [0, 0.1) is 6.92 Å². The van der Waals surface area contributed by atoms with Crippen LogP contribution in [0.15, 0.2) is 42.5 Å². The molecule has 8 heteroatoms. The lowest BCUT2D eigenvalue weighted by Gasteiger charge is -2.25. The Balaban J connectivity index is 1.60. The first kappa shape index (κ1) is 22.0. The molecule has 30 heavy (non-hydrogen) atoms. The van der Waals surface area contributed by atoms with Gasteiger partial charge in [0.2, 0.25) is 15.9 Å². The van der Waals surface area contributed by atoms with Crippen LogP contribution in [0.25, 0.3) is 0 Å². The van der Waals surface area contributed by atoms with Crippen molar-refractivity contribution in [1.82, 2.24) is 5.32 Å². The monoisotopic (exact) mass is 432 g/mol. The van der Waals surface area contributed by atoms with Gasteiger partial charge in [-0.15, -0.1) is 0 Å². The Morgan fingerprint density at radius 1 is 1.13 bits per heavy atom. The summed E-state index contributed by atoms with van der Waals surface area (Å²) in [5.74, 6) is 1.02. The highest BCUT2D eigenvalue weighted by molar-refractivity contribution is 7.92. The SMILES string of the molecule is Cc1ccccc1C(C)NC(=O)CCCN(c1ccc2c(c1)OCCO2)S(C)(=O)=O. The van der Waals surface area contributed by atoms with E-state index in [4.69, 9.17) is 9.47 Å². The van der Waals surface area contributed by atoms with Crippen molar-refractivity contribution in [3.05, 3.63) is 53.6 Å². The molecule has 2 aromatic rings. The first-order valence-electron chi connectivity index (χ1n) is 9.98. The topological polar surface area (TPSA) is 84.9 Å². The molecule has 0 aliphatic carbocycles. The van der Waals surface area contributed by atoms with Crippen LogP contribution in [0.1, 0.15) is 36.9 Å². The minimum Gasteiger partial charge on any atom is -0.486 e. The quantitative estimate of drug-likeness (QED) is 0.693. The maximum atomic E-state index is 12.4. The highest BCUT2D eigenvalue weighted by atomic mass is 32.2. The van der Waals surface area contributed by atoms with Crippen LogP contribution >= 0.6 is 0 Å². The van der Waals surface area contributed by atoms with Crippen LogP contribution in [0.5, 0.6) is 11.5 Å². The van der Waals surface area contributed by atoms with E-state index in [1.807, 2.05) is 38.1 Å². The standard InChI is InChI=1S/C22H28N2O5S/c1-16-7-4-5-8-19(16)17(2)23-22(25)9-6-12-24(30(3,26)27)18-10-11-20-21(15-18)29-14-13-28-20/h4-5,7-8,10-11,15,17H,6,9,12-14H2,1-3H3,(H,23,25). The number of hydrogen-bond acceptors (Lipinski definition) is 5. The number of carbonyl (C=O) groups excluding carboxylic acids is 1.